The minimum absolute atomic E-state index is 0.0546. The SMILES string of the molecule is COC(=O)C1C(CC(=O)OC(C)(C)C)C(O)CN1C(=O)c1ccccc1. The molecule has 7 nitrogen and oxygen atoms in total. The van der Waals surface area contributed by atoms with Gasteiger partial charge in [0, 0.05) is 18.0 Å². The molecule has 1 saturated heterocycles. The monoisotopic (exact) mass is 363 g/mol. The third-order valence-corrected chi connectivity index (χ3v) is 4.17. The van der Waals surface area contributed by atoms with Crippen LogP contribution in [-0.2, 0) is 19.1 Å². The number of hydrogen-bond acceptors (Lipinski definition) is 6. The van der Waals surface area contributed by atoms with Crippen molar-refractivity contribution in [2.24, 2.45) is 5.92 Å². The minimum Gasteiger partial charge on any atom is -0.467 e. The molecule has 1 N–H and O–H groups in total. The van der Waals surface area contributed by atoms with Gasteiger partial charge in [-0.15, -0.1) is 0 Å². The van der Waals surface area contributed by atoms with Crippen molar-refractivity contribution >= 4 is 17.8 Å². The summed E-state index contributed by atoms with van der Waals surface area (Å²) in [6.45, 7) is 5.15. The minimum atomic E-state index is -1.05. The molecule has 0 bridgehead atoms. The fourth-order valence-corrected chi connectivity index (χ4v) is 3.09. The van der Waals surface area contributed by atoms with Gasteiger partial charge in [0.2, 0.25) is 0 Å². The lowest BCUT2D eigenvalue weighted by Gasteiger charge is -2.26. The molecule has 3 atom stereocenters. The lowest BCUT2D eigenvalue weighted by atomic mass is 9.94. The Hall–Kier alpha value is -2.41. The van der Waals surface area contributed by atoms with Gasteiger partial charge in [-0.3, -0.25) is 9.59 Å². The molecule has 1 aromatic carbocycles. The zero-order valence-corrected chi connectivity index (χ0v) is 15.5. The first-order chi connectivity index (χ1) is 12.1. The molecule has 26 heavy (non-hydrogen) atoms. The van der Waals surface area contributed by atoms with E-state index in [9.17, 15) is 19.5 Å². The normalized spacial score (nSPS) is 22.8. The van der Waals surface area contributed by atoms with E-state index in [0.29, 0.717) is 5.56 Å². The first-order valence-electron chi connectivity index (χ1n) is 8.48. The molecule has 0 radical (unpaired) electrons. The van der Waals surface area contributed by atoms with Crippen molar-refractivity contribution in [1.82, 2.24) is 4.90 Å². The molecule has 142 valence electrons. The number of amides is 1. The maximum absolute atomic E-state index is 12.8. The lowest BCUT2D eigenvalue weighted by Crippen LogP contribution is -2.44. The highest BCUT2D eigenvalue weighted by Gasteiger charge is 2.49. The number of β-amino-alcohol motifs (C(OH)–C–C–N with tert-alkyl or cyclic N) is 1. The van der Waals surface area contributed by atoms with Crippen molar-refractivity contribution in [1.29, 1.82) is 0 Å². The fourth-order valence-electron chi connectivity index (χ4n) is 3.09. The van der Waals surface area contributed by atoms with E-state index in [1.54, 1.807) is 51.1 Å². The van der Waals surface area contributed by atoms with Crippen LogP contribution in [0.25, 0.3) is 0 Å². The number of aliphatic hydroxyl groups excluding tert-OH is 1. The predicted octanol–water partition coefficient (Wildman–Crippen LogP) is 1.39. The summed E-state index contributed by atoms with van der Waals surface area (Å²) < 4.78 is 10.1. The van der Waals surface area contributed by atoms with Crippen molar-refractivity contribution < 1.29 is 29.0 Å². The third kappa shape index (κ3) is 4.60. The number of esters is 2. The average Bonchev–Trinajstić information content (AvgIpc) is 2.89. The van der Waals surface area contributed by atoms with Crippen LogP contribution in [0, 0.1) is 5.92 Å². The van der Waals surface area contributed by atoms with Gasteiger partial charge in [-0.05, 0) is 32.9 Å². The van der Waals surface area contributed by atoms with Gasteiger partial charge >= 0.3 is 11.9 Å². The molecule has 1 fully saturated rings. The molecule has 0 aromatic heterocycles. The maximum Gasteiger partial charge on any atom is 0.329 e. The summed E-state index contributed by atoms with van der Waals surface area (Å²) in [5.74, 6) is -2.39. The lowest BCUT2D eigenvalue weighted by molar-refractivity contribution is -0.158. The molecule has 0 spiro atoms. The molecule has 1 heterocycles. The van der Waals surface area contributed by atoms with Crippen LogP contribution in [0.2, 0.25) is 0 Å². The van der Waals surface area contributed by atoms with E-state index in [1.165, 1.54) is 12.0 Å². The first kappa shape index (κ1) is 19.9. The van der Waals surface area contributed by atoms with Crippen LogP contribution in [-0.4, -0.2) is 59.3 Å². The molecule has 0 saturated carbocycles. The zero-order chi connectivity index (χ0) is 19.5. The van der Waals surface area contributed by atoms with Crippen LogP contribution < -0.4 is 0 Å². The van der Waals surface area contributed by atoms with E-state index < -0.39 is 41.5 Å². The Morgan fingerprint density at radius 1 is 1.19 bits per heavy atom. The maximum atomic E-state index is 12.8. The van der Waals surface area contributed by atoms with Gasteiger partial charge in [-0.25, -0.2) is 4.79 Å². The summed E-state index contributed by atoms with van der Waals surface area (Å²) >= 11 is 0. The number of carbonyl (C=O) groups excluding carboxylic acids is 3. The molecular weight excluding hydrogens is 338 g/mol. The van der Waals surface area contributed by atoms with Crippen molar-refractivity contribution in [3.8, 4) is 0 Å². The topological polar surface area (TPSA) is 93.1 Å². The largest absolute Gasteiger partial charge is 0.467 e. The Morgan fingerprint density at radius 3 is 2.35 bits per heavy atom. The highest BCUT2D eigenvalue weighted by molar-refractivity contribution is 5.97. The second kappa shape index (κ2) is 7.86. The number of methoxy groups -OCH3 is 1. The number of ether oxygens (including phenoxy) is 2. The summed E-state index contributed by atoms with van der Waals surface area (Å²) in [6, 6.07) is 7.42. The fraction of sp³-hybridized carbons (Fsp3) is 0.526. The van der Waals surface area contributed by atoms with Gasteiger partial charge < -0.3 is 19.5 Å². The number of aliphatic hydroxyl groups is 1. The van der Waals surface area contributed by atoms with Crippen LogP contribution in [0.1, 0.15) is 37.6 Å². The summed E-state index contributed by atoms with van der Waals surface area (Å²) in [5.41, 5.74) is -0.285. The first-order valence-corrected chi connectivity index (χ1v) is 8.48. The van der Waals surface area contributed by atoms with Crippen LogP contribution in [0.15, 0.2) is 30.3 Å². The van der Waals surface area contributed by atoms with Crippen LogP contribution >= 0.6 is 0 Å². The van der Waals surface area contributed by atoms with E-state index in [2.05, 4.69) is 0 Å². The van der Waals surface area contributed by atoms with Crippen LogP contribution in [0.3, 0.4) is 0 Å². The van der Waals surface area contributed by atoms with Gasteiger partial charge in [0.1, 0.15) is 11.6 Å². The number of benzene rings is 1. The predicted molar refractivity (Wildman–Crippen MR) is 93.2 cm³/mol. The van der Waals surface area contributed by atoms with E-state index in [4.69, 9.17) is 9.47 Å². The Bertz CT molecular complexity index is 666. The van der Waals surface area contributed by atoms with Gasteiger partial charge in [0.05, 0.1) is 19.6 Å². The van der Waals surface area contributed by atoms with E-state index in [1.807, 2.05) is 0 Å². The molecule has 1 amide bonds. The van der Waals surface area contributed by atoms with Crippen LogP contribution in [0.4, 0.5) is 0 Å². The van der Waals surface area contributed by atoms with E-state index in [0.717, 1.165) is 0 Å². The molecule has 1 aliphatic rings. The molecule has 2 rings (SSSR count). The van der Waals surface area contributed by atoms with Gasteiger partial charge in [0.25, 0.3) is 5.91 Å². The molecule has 7 heteroatoms. The quantitative estimate of drug-likeness (QED) is 0.813. The van der Waals surface area contributed by atoms with Crippen molar-refractivity contribution in [3.05, 3.63) is 35.9 Å². The molecule has 1 aliphatic heterocycles. The van der Waals surface area contributed by atoms with Crippen molar-refractivity contribution in [2.45, 2.75) is 44.9 Å². The standard InChI is InChI=1S/C19H25NO6/c1-19(2,3)26-15(22)10-13-14(21)11-20(16(13)18(24)25-4)17(23)12-8-6-5-7-9-12/h5-9,13-14,16,21H,10-11H2,1-4H3. The Morgan fingerprint density at radius 2 is 1.81 bits per heavy atom. The van der Waals surface area contributed by atoms with Crippen molar-refractivity contribution in [3.63, 3.8) is 0 Å². The van der Waals surface area contributed by atoms with Gasteiger partial charge in [-0.1, -0.05) is 18.2 Å². The summed E-state index contributed by atoms with van der Waals surface area (Å²) in [7, 11) is 1.21. The second-order valence-electron chi connectivity index (χ2n) is 7.31. The van der Waals surface area contributed by atoms with Crippen LogP contribution in [0.5, 0.6) is 0 Å². The summed E-state index contributed by atoms with van der Waals surface area (Å²) in [6.07, 6.45) is -1.21. The van der Waals surface area contributed by atoms with Crippen molar-refractivity contribution in [2.75, 3.05) is 13.7 Å². The number of hydrogen-bond donors (Lipinski definition) is 1. The molecule has 1 aromatic rings. The Kier molecular flexibility index (Phi) is 6.02. The number of nitrogens with zero attached hydrogens (tertiary/aromatic N) is 1. The number of likely N-dealkylation sites (tertiary alicyclic amines) is 1. The smallest absolute Gasteiger partial charge is 0.329 e. The zero-order valence-electron chi connectivity index (χ0n) is 15.5. The Balaban J connectivity index is 2.24. The third-order valence-electron chi connectivity index (χ3n) is 4.17. The van der Waals surface area contributed by atoms with Gasteiger partial charge in [0.15, 0.2) is 0 Å². The average molecular weight is 363 g/mol. The second-order valence-corrected chi connectivity index (χ2v) is 7.31. The number of rotatable bonds is 4. The summed E-state index contributed by atoms with van der Waals surface area (Å²) in [5, 5.41) is 10.4. The Labute approximate surface area is 152 Å². The highest BCUT2D eigenvalue weighted by Crippen LogP contribution is 2.31. The van der Waals surface area contributed by atoms with Gasteiger partial charge in [-0.2, -0.15) is 0 Å². The van der Waals surface area contributed by atoms with E-state index >= 15 is 0 Å². The summed E-state index contributed by atoms with van der Waals surface area (Å²) in [4.78, 5) is 38.5. The molecule has 0 aliphatic carbocycles. The van der Waals surface area contributed by atoms with E-state index in [-0.39, 0.29) is 13.0 Å². The molecular formula is C19H25NO6. The molecule has 3 unspecified atom stereocenters. The highest BCUT2D eigenvalue weighted by atomic mass is 16.6. The number of carbonyl (C=O) groups is 3.